The van der Waals surface area contributed by atoms with Crippen LogP contribution in [0.3, 0.4) is 0 Å². The third kappa shape index (κ3) is 7.33. The molecule has 0 saturated carbocycles. The van der Waals surface area contributed by atoms with Crippen LogP contribution < -0.4 is 4.74 Å². The number of nitro benzene ring substituents is 1. The Morgan fingerprint density at radius 2 is 1.41 bits per heavy atom. The first kappa shape index (κ1) is 27.6. The number of nitrogens with zero attached hydrogens (tertiary/aromatic N) is 2. The van der Waals surface area contributed by atoms with Crippen LogP contribution in [0.5, 0.6) is 11.5 Å². The summed E-state index contributed by atoms with van der Waals surface area (Å²) in [6, 6.07) is 32.7. The van der Waals surface area contributed by atoms with Crippen LogP contribution in [-0.2, 0) is 6.54 Å². The number of allylic oxidation sites excluding steroid dienone is 1. The van der Waals surface area contributed by atoms with Crippen LogP contribution in [0.4, 0.5) is 5.69 Å². The number of aromatic hydroxyl groups is 1. The smallest absolute Gasteiger partial charge is 0.269 e. The maximum Gasteiger partial charge on any atom is 0.269 e. The molecular formula is C33H35N2O4+. The van der Waals surface area contributed by atoms with E-state index >= 15 is 0 Å². The summed E-state index contributed by atoms with van der Waals surface area (Å²) in [5.41, 5.74) is 6.84. The Morgan fingerprint density at radius 1 is 0.821 bits per heavy atom. The molecule has 6 heteroatoms. The lowest BCUT2D eigenvalue weighted by Gasteiger charge is -2.29. The van der Waals surface area contributed by atoms with Crippen molar-refractivity contribution in [3.63, 3.8) is 0 Å². The third-order valence-electron chi connectivity index (χ3n) is 6.80. The summed E-state index contributed by atoms with van der Waals surface area (Å²) in [6.07, 6.45) is 0.861. The van der Waals surface area contributed by atoms with Gasteiger partial charge in [-0.1, -0.05) is 61.5 Å². The van der Waals surface area contributed by atoms with Crippen molar-refractivity contribution >= 4 is 16.8 Å². The van der Waals surface area contributed by atoms with Gasteiger partial charge in [-0.3, -0.25) is 10.1 Å². The minimum atomic E-state index is -0.378. The van der Waals surface area contributed by atoms with Gasteiger partial charge in [-0.25, -0.2) is 0 Å². The van der Waals surface area contributed by atoms with Crippen molar-refractivity contribution < 1.29 is 19.2 Å². The van der Waals surface area contributed by atoms with E-state index < -0.39 is 0 Å². The minimum Gasteiger partial charge on any atom is -0.508 e. The molecule has 0 amide bonds. The molecule has 0 fully saturated rings. The number of ether oxygens (including phenoxy) is 1. The zero-order chi connectivity index (χ0) is 27.8. The molecule has 0 aliphatic heterocycles. The summed E-state index contributed by atoms with van der Waals surface area (Å²) >= 11 is 0. The summed E-state index contributed by atoms with van der Waals surface area (Å²) in [7, 11) is 4.25. The third-order valence-corrected chi connectivity index (χ3v) is 6.80. The van der Waals surface area contributed by atoms with Gasteiger partial charge in [0.05, 0.1) is 19.0 Å². The SMILES string of the molecule is CC/C(=C(\c1ccc(O)cc1)c1ccc(OCC[N+](C)(C)Cc2ccc([N+](=O)[O-])cc2)cc1)c1ccccc1. The average molecular weight is 524 g/mol. The Bertz CT molecular complexity index is 1410. The molecule has 39 heavy (non-hydrogen) atoms. The molecule has 0 radical (unpaired) electrons. The van der Waals surface area contributed by atoms with Crippen LogP contribution in [0, 0.1) is 10.1 Å². The standard InChI is InChI=1S/C33H34N2O4/c1-4-32(26-8-6-5-7-9-26)33(27-12-18-30(36)19-13-27)28-14-20-31(21-15-28)39-23-22-35(2,3)24-25-10-16-29(17-11-25)34(37)38/h5-21H,4,22-24H2,1-3H3/p+1/b33-32-. The molecule has 0 spiro atoms. The number of rotatable bonds is 11. The van der Waals surface area contributed by atoms with Crippen molar-refractivity contribution in [2.24, 2.45) is 0 Å². The lowest BCUT2D eigenvalue weighted by molar-refractivity contribution is -0.903. The summed E-state index contributed by atoms with van der Waals surface area (Å²) < 4.78 is 6.80. The predicted molar refractivity (Wildman–Crippen MR) is 156 cm³/mol. The average Bonchev–Trinajstić information content (AvgIpc) is 2.93. The highest BCUT2D eigenvalue weighted by molar-refractivity contribution is 5.98. The lowest BCUT2D eigenvalue weighted by Crippen LogP contribution is -2.41. The molecule has 4 aromatic rings. The molecule has 0 bridgehead atoms. The predicted octanol–water partition coefficient (Wildman–Crippen LogP) is 7.32. The first-order valence-corrected chi connectivity index (χ1v) is 13.1. The highest BCUT2D eigenvalue weighted by atomic mass is 16.6. The molecule has 0 saturated heterocycles. The largest absolute Gasteiger partial charge is 0.508 e. The van der Waals surface area contributed by atoms with E-state index in [0.717, 1.165) is 47.5 Å². The van der Waals surface area contributed by atoms with E-state index in [2.05, 4.69) is 57.4 Å². The van der Waals surface area contributed by atoms with Gasteiger partial charge in [0.25, 0.3) is 5.69 Å². The van der Waals surface area contributed by atoms with Gasteiger partial charge in [0, 0.05) is 17.7 Å². The van der Waals surface area contributed by atoms with Gasteiger partial charge in [0.15, 0.2) is 0 Å². The molecule has 0 aliphatic rings. The molecule has 0 aliphatic carbocycles. The summed E-state index contributed by atoms with van der Waals surface area (Å²) in [6.45, 7) is 4.24. The van der Waals surface area contributed by atoms with Crippen molar-refractivity contribution in [3.05, 3.63) is 135 Å². The summed E-state index contributed by atoms with van der Waals surface area (Å²) in [4.78, 5) is 10.5. The van der Waals surface area contributed by atoms with E-state index in [1.165, 1.54) is 11.1 Å². The van der Waals surface area contributed by atoms with E-state index in [4.69, 9.17) is 4.74 Å². The van der Waals surface area contributed by atoms with Gasteiger partial charge < -0.3 is 14.3 Å². The highest BCUT2D eigenvalue weighted by Crippen LogP contribution is 2.35. The van der Waals surface area contributed by atoms with Crippen molar-refractivity contribution in [1.82, 2.24) is 0 Å². The molecule has 0 unspecified atom stereocenters. The molecule has 4 rings (SSSR count). The van der Waals surface area contributed by atoms with Crippen LogP contribution in [0.25, 0.3) is 11.1 Å². The maximum absolute atomic E-state index is 10.9. The van der Waals surface area contributed by atoms with E-state index in [-0.39, 0.29) is 16.4 Å². The minimum absolute atomic E-state index is 0.106. The molecular weight excluding hydrogens is 488 g/mol. The number of phenolic OH excluding ortho intramolecular Hbond substituents is 1. The van der Waals surface area contributed by atoms with Gasteiger partial charge in [-0.15, -0.1) is 0 Å². The van der Waals surface area contributed by atoms with Gasteiger partial charge in [-0.2, -0.15) is 0 Å². The number of nitro groups is 1. The summed E-state index contributed by atoms with van der Waals surface area (Å²) in [5.74, 6) is 1.05. The number of hydrogen-bond acceptors (Lipinski definition) is 4. The van der Waals surface area contributed by atoms with Crippen LogP contribution >= 0.6 is 0 Å². The highest BCUT2D eigenvalue weighted by Gasteiger charge is 2.18. The molecule has 6 nitrogen and oxygen atoms in total. The van der Waals surface area contributed by atoms with Crippen LogP contribution in [0.15, 0.2) is 103 Å². The number of quaternary nitrogens is 1. The normalized spacial score (nSPS) is 12.1. The molecule has 0 aromatic heterocycles. The van der Waals surface area contributed by atoms with Crippen LogP contribution in [-0.4, -0.2) is 41.8 Å². The number of likely N-dealkylation sites (N-methyl/N-ethyl adjacent to an activating group) is 1. The second kappa shape index (κ2) is 12.4. The topological polar surface area (TPSA) is 72.6 Å². The number of phenols is 1. The number of benzene rings is 4. The van der Waals surface area contributed by atoms with Crippen LogP contribution in [0.2, 0.25) is 0 Å². The van der Waals surface area contributed by atoms with Gasteiger partial charge in [0.2, 0.25) is 0 Å². The van der Waals surface area contributed by atoms with Gasteiger partial charge in [0.1, 0.15) is 31.2 Å². The second-order valence-electron chi connectivity index (χ2n) is 10.2. The van der Waals surface area contributed by atoms with E-state index in [9.17, 15) is 15.2 Å². The lowest BCUT2D eigenvalue weighted by atomic mass is 9.88. The number of hydrogen-bond donors (Lipinski definition) is 1. The Kier molecular flexibility index (Phi) is 8.79. The monoisotopic (exact) mass is 523 g/mol. The Hall–Kier alpha value is -4.42. The van der Waals surface area contributed by atoms with Crippen molar-refractivity contribution in [3.8, 4) is 11.5 Å². The van der Waals surface area contributed by atoms with E-state index in [0.29, 0.717) is 11.1 Å². The fourth-order valence-corrected chi connectivity index (χ4v) is 4.73. The van der Waals surface area contributed by atoms with Gasteiger partial charge in [-0.05, 0) is 70.7 Å². The zero-order valence-electron chi connectivity index (χ0n) is 22.7. The molecule has 1 N–H and O–H groups in total. The first-order valence-electron chi connectivity index (χ1n) is 13.1. The van der Waals surface area contributed by atoms with Gasteiger partial charge >= 0.3 is 0 Å². The summed E-state index contributed by atoms with van der Waals surface area (Å²) in [5, 5.41) is 20.8. The second-order valence-corrected chi connectivity index (χ2v) is 10.2. The quantitative estimate of drug-likeness (QED) is 0.0967. The maximum atomic E-state index is 10.9. The Labute approximate surface area is 230 Å². The van der Waals surface area contributed by atoms with E-state index in [1.54, 1.807) is 24.3 Å². The first-order chi connectivity index (χ1) is 18.8. The fraction of sp³-hybridized carbons (Fsp3) is 0.212. The van der Waals surface area contributed by atoms with Crippen molar-refractivity contribution in [2.45, 2.75) is 19.9 Å². The van der Waals surface area contributed by atoms with E-state index in [1.807, 2.05) is 42.5 Å². The Morgan fingerprint density at radius 3 is 1.97 bits per heavy atom. The Balaban J connectivity index is 1.48. The van der Waals surface area contributed by atoms with Crippen LogP contribution in [0.1, 0.15) is 35.6 Å². The molecule has 0 heterocycles. The molecule has 200 valence electrons. The van der Waals surface area contributed by atoms with Crippen molar-refractivity contribution in [2.75, 3.05) is 27.2 Å². The van der Waals surface area contributed by atoms with Crippen molar-refractivity contribution in [1.29, 1.82) is 0 Å². The molecule has 4 aromatic carbocycles. The number of non-ortho nitro benzene ring substituents is 1. The molecule has 0 atom stereocenters. The fourth-order valence-electron chi connectivity index (χ4n) is 4.73. The zero-order valence-corrected chi connectivity index (χ0v) is 22.7.